The fraction of sp³-hybridized carbons (Fsp3) is 0.818. The molecule has 2 fully saturated rings. The number of ether oxygens (including phenoxy) is 6. The molecule has 1 aliphatic heterocycles. The maximum Gasteiger partial charge on any atom is 0.407 e. The number of hydrogen-bond donors (Lipinski definition) is 1. The molecule has 1 saturated carbocycles. The van der Waals surface area contributed by atoms with Gasteiger partial charge in [-0.2, -0.15) is 0 Å². The van der Waals surface area contributed by atoms with Crippen LogP contribution < -0.4 is 5.32 Å². The Morgan fingerprint density at radius 3 is 2.03 bits per heavy atom. The number of carbonyl (C=O) groups is 4. The van der Waals surface area contributed by atoms with Crippen molar-refractivity contribution in [2.24, 2.45) is 5.92 Å². The van der Waals surface area contributed by atoms with Gasteiger partial charge < -0.3 is 33.7 Å². The smallest absolute Gasteiger partial charge is 0.407 e. The van der Waals surface area contributed by atoms with Gasteiger partial charge in [0.15, 0.2) is 18.5 Å². The Morgan fingerprint density at radius 2 is 1.47 bits per heavy atom. The molecule has 2 aliphatic rings. The number of nitrogens with one attached hydrogen (secondary N) is 1. The van der Waals surface area contributed by atoms with Crippen molar-refractivity contribution < 1.29 is 47.6 Å². The molecule has 0 aromatic rings. The average molecular weight is 577 g/mol. The lowest BCUT2D eigenvalue weighted by molar-refractivity contribution is -0.279. The lowest BCUT2D eigenvalue weighted by Crippen LogP contribution is -2.67. The summed E-state index contributed by atoms with van der Waals surface area (Å²) < 4.78 is 31.0. The second-order valence-corrected chi connectivity index (χ2v) is 11.2. The van der Waals surface area contributed by atoms with E-state index in [-0.39, 0.29) is 12.5 Å². The van der Waals surface area contributed by atoms with Crippen LogP contribution in [0.4, 0.5) is 4.79 Å². The van der Waals surface area contributed by atoms with E-state index in [9.17, 15) is 19.2 Å². The Balaban J connectivity index is 2.32. The van der Waals surface area contributed by atoms with Gasteiger partial charge in [0, 0.05) is 20.8 Å². The van der Waals surface area contributed by atoms with E-state index >= 15 is 0 Å². The molecule has 0 aromatic carbocycles. The second-order valence-electron chi connectivity index (χ2n) is 8.69. The molecule has 206 valence electrons. The highest BCUT2D eigenvalue weighted by Gasteiger charge is 2.52. The number of alkyl halides is 3. The second kappa shape index (κ2) is 14.4. The highest BCUT2D eigenvalue weighted by molar-refractivity contribution is 6.67. The molecule has 1 N–H and O–H groups in total. The van der Waals surface area contributed by atoms with Gasteiger partial charge >= 0.3 is 24.0 Å². The third-order valence-corrected chi connectivity index (χ3v) is 5.90. The van der Waals surface area contributed by atoms with Gasteiger partial charge in [0.05, 0.1) is 6.61 Å². The minimum absolute atomic E-state index is 0.268. The van der Waals surface area contributed by atoms with Crippen LogP contribution in [0.5, 0.6) is 0 Å². The SMILES string of the molecule is CC(=O)OC[C@H]1O[C@@H](OCC2CCCCC2)[C@H](NC(=O)OCC(Cl)(Cl)Cl)[C@@H](OC(C)=O)[C@@H]1OC(C)=O. The zero-order valence-corrected chi connectivity index (χ0v) is 22.6. The van der Waals surface area contributed by atoms with Gasteiger partial charge in [-0.1, -0.05) is 54.1 Å². The normalized spacial score (nSPS) is 27.0. The summed E-state index contributed by atoms with van der Waals surface area (Å²) in [6, 6.07) is -1.18. The fourth-order valence-corrected chi connectivity index (χ4v) is 4.27. The van der Waals surface area contributed by atoms with E-state index in [0.717, 1.165) is 46.0 Å². The Kier molecular flexibility index (Phi) is 12.3. The first-order chi connectivity index (χ1) is 16.9. The third-order valence-electron chi connectivity index (χ3n) is 5.57. The molecular weight excluding hydrogens is 545 g/mol. The topological polar surface area (TPSA) is 136 Å². The van der Waals surface area contributed by atoms with Gasteiger partial charge in [-0.15, -0.1) is 0 Å². The van der Waals surface area contributed by atoms with Gasteiger partial charge in [-0.25, -0.2) is 4.79 Å². The van der Waals surface area contributed by atoms with Gasteiger partial charge in [-0.3, -0.25) is 14.4 Å². The first-order valence-corrected chi connectivity index (χ1v) is 12.7. The van der Waals surface area contributed by atoms with Gasteiger partial charge in [0.25, 0.3) is 0 Å². The highest BCUT2D eigenvalue weighted by atomic mass is 35.6. The molecule has 0 spiro atoms. The van der Waals surface area contributed by atoms with E-state index in [1.807, 2.05) is 0 Å². The number of esters is 3. The van der Waals surface area contributed by atoms with Gasteiger partial charge in [0.1, 0.15) is 25.4 Å². The summed E-state index contributed by atoms with van der Waals surface area (Å²) in [6.07, 6.45) is -0.549. The molecule has 1 amide bonds. The van der Waals surface area contributed by atoms with Crippen LogP contribution in [0.25, 0.3) is 0 Å². The lowest BCUT2D eigenvalue weighted by atomic mass is 9.90. The van der Waals surface area contributed by atoms with Crippen LogP contribution >= 0.6 is 34.8 Å². The molecule has 5 atom stereocenters. The number of rotatable bonds is 9. The summed E-state index contributed by atoms with van der Waals surface area (Å²) in [5.41, 5.74) is 0. The van der Waals surface area contributed by atoms with E-state index < -0.39 is 65.0 Å². The number of halogens is 3. The Morgan fingerprint density at radius 1 is 0.861 bits per heavy atom. The zero-order valence-electron chi connectivity index (χ0n) is 20.3. The third kappa shape index (κ3) is 10.8. The summed E-state index contributed by atoms with van der Waals surface area (Å²) in [5.74, 6) is -1.77. The Hall–Kier alpha value is -1.53. The van der Waals surface area contributed by atoms with Crippen LogP contribution in [0.2, 0.25) is 0 Å². The molecular formula is C22H32Cl3NO10. The monoisotopic (exact) mass is 575 g/mol. The minimum atomic E-state index is -1.86. The van der Waals surface area contributed by atoms with Crippen molar-refractivity contribution >= 4 is 58.8 Å². The van der Waals surface area contributed by atoms with Gasteiger partial charge in [-0.05, 0) is 18.8 Å². The molecule has 0 bridgehead atoms. The summed E-state index contributed by atoms with van der Waals surface area (Å²) in [7, 11) is 0. The van der Waals surface area contributed by atoms with Crippen LogP contribution in [-0.2, 0) is 42.8 Å². The van der Waals surface area contributed by atoms with E-state index in [1.54, 1.807) is 0 Å². The van der Waals surface area contributed by atoms with E-state index in [1.165, 1.54) is 6.92 Å². The highest BCUT2D eigenvalue weighted by Crippen LogP contribution is 2.31. The summed E-state index contributed by atoms with van der Waals surface area (Å²) in [5, 5.41) is 2.51. The van der Waals surface area contributed by atoms with Crippen molar-refractivity contribution in [3.63, 3.8) is 0 Å². The standard InChI is InChI=1S/C22H32Cl3NO10/c1-12(27)31-10-16-18(34-13(2)28)19(35-14(3)29)17(26-21(30)33-11-22(23,24)25)20(36-16)32-9-15-7-5-4-6-8-15/h15-20H,4-11H2,1-3H3,(H,26,30)/t16-,17-,18-,19-,20-/m1/s1. The largest absolute Gasteiger partial charge is 0.463 e. The molecule has 0 radical (unpaired) electrons. The lowest BCUT2D eigenvalue weighted by Gasteiger charge is -2.45. The molecule has 0 aromatic heterocycles. The van der Waals surface area contributed by atoms with Crippen LogP contribution in [0, 0.1) is 5.92 Å². The Labute approximate surface area is 224 Å². The van der Waals surface area contributed by atoms with Crippen LogP contribution in [-0.4, -0.2) is 78.3 Å². The quantitative estimate of drug-likeness (QED) is 0.248. The number of amides is 1. The van der Waals surface area contributed by atoms with Crippen molar-refractivity contribution in [3.8, 4) is 0 Å². The van der Waals surface area contributed by atoms with E-state index in [0.29, 0.717) is 6.61 Å². The van der Waals surface area contributed by atoms with Gasteiger partial charge in [0.2, 0.25) is 3.79 Å². The predicted octanol–water partition coefficient (Wildman–Crippen LogP) is 3.20. The van der Waals surface area contributed by atoms with Crippen LogP contribution in [0.1, 0.15) is 52.9 Å². The molecule has 1 aliphatic carbocycles. The molecule has 1 saturated heterocycles. The molecule has 11 nitrogen and oxygen atoms in total. The molecule has 2 rings (SSSR count). The van der Waals surface area contributed by atoms with Crippen molar-refractivity contribution in [2.75, 3.05) is 19.8 Å². The van der Waals surface area contributed by atoms with Crippen molar-refractivity contribution in [1.82, 2.24) is 5.32 Å². The first-order valence-electron chi connectivity index (χ1n) is 11.6. The van der Waals surface area contributed by atoms with Crippen molar-refractivity contribution in [3.05, 3.63) is 0 Å². The predicted molar refractivity (Wildman–Crippen MR) is 127 cm³/mol. The molecule has 0 unspecified atom stereocenters. The molecule has 36 heavy (non-hydrogen) atoms. The van der Waals surface area contributed by atoms with Crippen molar-refractivity contribution in [2.45, 2.75) is 87.3 Å². The maximum absolute atomic E-state index is 12.5. The summed E-state index contributed by atoms with van der Waals surface area (Å²) in [4.78, 5) is 47.8. The minimum Gasteiger partial charge on any atom is -0.463 e. The van der Waals surface area contributed by atoms with Crippen molar-refractivity contribution in [1.29, 1.82) is 0 Å². The molecule has 1 heterocycles. The number of alkyl carbamates (subject to hydrolysis) is 1. The summed E-state index contributed by atoms with van der Waals surface area (Å²) >= 11 is 16.9. The van der Waals surface area contributed by atoms with Crippen LogP contribution in [0.15, 0.2) is 0 Å². The molecule has 14 heteroatoms. The van der Waals surface area contributed by atoms with E-state index in [2.05, 4.69) is 5.32 Å². The number of carbonyl (C=O) groups excluding carboxylic acids is 4. The Bertz CT molecular complexity index is 772. The first kappa shape index (κ1) is 30.7. The zero-order chi connectivity index (χ0) is 26.9. The maximum atomic E-state index is 12.5. The fourth-order valence-electron chi connectivity index (χ4n) is 4.11. The van der Waals surface area contributed by atoms with Crippen LogP contribution in [0.3, 0.4) is 0 Å². The number of hydrogen-bond acceptors (Lipinski definition) is 10. The summed E-state index contributed by atoms with van der Waals surface area (Å²) in [6.45, 7) is 2.92. The average Bonchev–Trinajstić information content (AvgIpc) is 2.78. The van der Waals surface area contributed by atoms with E-state index in [4.69, 9.17) is 63.2 Å².